The Labute approximate surface area is 69.0 Å². The molecule has 0 amide bonds. The van der Waals surface area contributed by atoms with E-state index in [0.717, 1.165) is 16.4 Å². The molecule has 0 N–H and O–H groups in total. The quantitative estimate of drug-likeness (QED) is 0.650. The van der Waals surface area contributed by atoms with E-state index in [9.17, 15) is 4.91 Å². The second kappa shape index (κ2) is 4.08. The molecule has 0 aliphatic carbocycles. The lowest BCUT2D eigenvalue weighted by Gasteiger charge is -1.89. The zero-order chi connectivity index (χ0) is 8.10. The minimum atomic E-state index is 0.351. The number of rotatable bonds is 4. The molecule has 0 bridgehead atoms. The summed E-state index contributed by atoms with van der Waals surface area (Å²) in [5.74, 6) is 0. The van der Waals surface area contributed by atoms with E-state index in [0.29, 0.717) is 6.54 Å². The number of thiophene rings is 1. The number of methoxy groups -OCH3 is 1. The van der Waals surface area contributed by atoms with Crippen molar-refractivity contribution >= 4 is 11.3 Å². The van der Waals surface area contributed by atoms with Gasteiger partial charge in [-0.2, -0.15) is 4.91 Å². The fourth-order valence-corrected chi connectivity index (χ4v) is 1.57. The standard InChI is InChI=1S/C7H9NO2S/c1-10-7-3-2-6(11-7)4-5-8-9/h2-3H,4-5H2,1H3. The van der Waals surface area contributed by atoms with Crippen LogP contribution in [0.4, 0.5) is 0 Å². The summed E-state index contributed by atoms with van der Waals surface area (Å²) < 4.78 is 4.98. The zero-order valence-corrected chi connectivity index (χ0v) is 7.06. The third kappa shape index (κ3) is 2.31. The molecule has 0 saturated heterocycles. The van der Waals surface area contributed by atoms with Gasteiger partial charge in [0.2, 0.25) is 0 Å². The van der Waals surface area contributed by atoms with Crippen LogP contribution in [0.3, 0.4) is 0 Å². The third-order valence-electron chi connectivity index (χ3n) is 1.29. The number of nitroso groups, excluding NO2 is 1. The predicted octanol–water partition coefficient (Wildman–Crippen LogP) is 2.07. The molecular weight excluding hydrogens is 162 g/mol. The molecule has 0 fully saturated rings. The van der Waals surface area contributed by atoms with Crippen molar-refractivity contribution in [2.75, 3.05) is 13.7 Å². The zero-order valence-electron chi connectivity index (χ0n) is 6.24. The van der Waals surface area contributed by atoms with Gasteiger partial charge in [-0.3, -0.25) is 0 Å². The molecular formula is C7H9NO2S. The minimum Gasteiger partial charge on any atom is -0.487 e. The highest BCUT2D eigenvalue weighted by molar-refractivity contribution is 7.13. The maximum Gasteiger partial charge on any atom is 0.173 e. The second-order valence-electron chi connectivity index (χ2n) is 2.03. The van der Waals surface area contributed by atoms with E-state index >= 15 is 0 Å². The van der Waals surface area contributed by atoms with Crippen LogP contribution in [0.1, 0.15) is 4.88 Å². The summed E-state index contributed by atoms with van der Waals surface area (Å²) >= 11 is 1.55. The first-order chi connectivity index (χ1) is 5.36. The first-order valence-electron chi connectivity index (χ1n) is 3.28. The van der Waals surface area contributed by atoms with Gasteiger partial charge < -0.3 is 4.74 Å². The Balaban J connectivity index is 2.50. The van der Waals surface area contributed by atoms with Gasteiger partial charge in [0.15, 0.2) is 5.06 Å². The molecule has 0 aliphatic rings. The van der Waals surface area contributed by atoms with Gasteiger partial charge in [-0.15, -0.1) is 11.3 Å². The van der Waals surface area contributed by atoms with Crippen molar-refractivity contribution < 1.29 is 4.74 Å². The maximum absolute atomic E-state index is 9.78. The fourth-order valence-electron chi connectivity index (χ4n) is 0.758. The van der Waals surface area contributed by atoms with Crippen molar-refractivity contribution in [3.05, 3.63) is 21.9 Å². The Morgan fingerprint density at radius 3 is 3.00 bits per heavy atom. The summed E-state index contributed by atoms with van der Waals surface area (Å²) in [4.78, 5) is 10.9. The predicted molar refractivity (Wildman–Crippen MR) is 45.2 cm³/mol. The Morgan fingerprint density at radius 1 is 1.64 bits per heavy atom. The molecule has 0 aromatic carbocycles. The molecule has 60 valence electrons. The monoisotopic (exact) mass is 171 g/mol. The van der Waals surface area contributed by atoms with Crippen molar-refractivity contribution in [2.24, 2.45) is 5.18 Å². The summed E-state index contributed by atoms with van der Waals surface area (Å²) in [6, 6.07) is 3.85. The van der Waals surface area contributed by atoms with E-state index in [-0.39, 0.29) is 0 Å². The first-order valence-corrected chi connectivity index (χ1v) is 4.10. The molecule has 11 heavy (non-hydrogen) atoms. The van der Waals surface area contributed by atoms with Crippen molar-refractivity contribution in [3.63, 3.8) is 0 Å². The minimum absolute atomic E-state index is 0.351. The number of nitrogens with zero attached hydrogens (tertiary/aromatic N) is 1. The van der Waals surface area contributed by atoms with Crippen molar-refractivity contribution in [3.8, 4) is 5.06 Å². The average molecular weight is 171 g/mol. The van der Waals surface area contributed by atoms with E-state index in [1.54, 1.807) is 18.4 Å². The molecule has 0 saturated carbocycles. The highest BCUT2D eigenvalue weighted by Crippen LogP contribution is 2.23. The molecule has 0 atom stereocenters. The molecule has 1 aromatic heterocycles. The van der Waals surface area contributed by atoms with E-state index < -0.39 is 0 Å². The molecule has 0 unspecified atom stereocenters. The van der Waals surface area contributed by atoms with Crippen LogP contribution in [-0.4, -0.2) is 13.7 Å². The summed E-state index contributed by atoms with van der Waals surface area (Å²) in [6.45, 7) is 0.351. The molecule has 1 heterocycles. The van der Waals surface area contributed by atoms with Gasteiger partial charge in [-0.05, 0) is 12.1 Å². The lowest BCUT2D eigenvalue weighted by molar-refractivity contribution is 0.427. The van der Waals surface area contributed by atoms with Crippen LogP contribution in [-0.2, 0) is 6.42 Å². The Bertz CT molecular complexity index is 234. The highest BCUT2D eigenvalue weighted by atomic mass is 32.1. The average Bonchev–Trinajstić information content (AvgIpc) is 2.48. The smallest absolute Gasteiger partial charge is 0.173 e. The van der Waals surface area contributed by atoms with Gasteiger partial charge in [0.25, 0.3) is 0 Å². The normalized spacial score (nSPS) is 9.55. The second-order valence-corrected chi connectivity index (χ2v) is 3.16. The number of hydrogen-bond donors (Lipinski definition) is 0. The lowest BCUT2D eigenvalue weighted by Crippen LogP contribution is -1.82. The van der Waals surface area contributed by atoms with Crippen LogP contribution in [0.2, 0.25) is 0 Å². The van der Waals surface area contributed by atoms with Gasteiger partial charge in [-0.25, -0.2) is 0 Å². The van der Waals surface area contributed by atoms with Gasteiger partial charge >= 0.3 is 0 Å². The van der Waals surface area contributed by atoms with E-state index in [1.165, 1.54) is 0 Å². The van der Waals surface area contributed by atoms with Gasteiger partial charge in [-0.1, -0.05) is 5.18 Å². The van der Waals surface area contributed by atoms with E-state index in [4.69, 9.17) is 4.74 Å². The van der Waals surface area contributed by atoms with Crippen molar-refractivity contribution in [1.29, 1.82) is 0 Å². The SMILES string of the molecule is COc1ccc(CCN=O)s1. The van der Waals surface area contributed by atoms with Gasteiger partial charge in [0.05, 0.1) is 13.7 Å². The number of hydrogen-bond acceptors (Lipinski definition) is 4. The Morgan fingerprint density at radius 2 is 2.45 bits per heavy atom. The van der Waals surface area contributed by atoms with E-state index in [2.05, 4.69) is 5.18 Å². The van der Waals surface area contributed by atoms with Crippen LogP contribution in [0.5, 0.6) is 5.06 Å². The Kier molecular flexibility index (Phi) is 3.04. The molecule has 4 heteroatoms. The summed E-state index contributed by atoms with van der Waals surface area (Å²) in [6.07, 6.45) is 0.720. The number of ether oxygens (including phenoxy) is 1. The molecule has 3 nitrogen and oxygen atoms in total. The largest absolute Gasteiger partial charge is 0.487 e. The van der Waals surface area contributed by atoms with Crippen molar-refractivity contribution in [1.82, 2.24) is 0 Å². The topological polar surface area (TPSA) is 38.7 Å². The summed E-state index contributed by atoms with van der Waals surface area (Å²) in [7, 11) is 1.63. The van der Waals surface area contributed by atoms with Gasteiger partial charge in [0.1, 0.15) is 0 Å². The molecule has 0 radical (unpaired) electrons. The maximum atomic E-state index is 9.78. The van der Waals surface area contributed by atoms with Gasteiger partial charge in [0, 0.05) is 11.3 Å². The van der Waals surface area contributed by atoms with Crippen LogP contribution < -0.4 is 4.74 Å². The molecule has 0 aliphatic heterocycles. The van der Waals surface area contributed by atoms with Crippen LogP contribution in [0, 0.1) is 4.91 Å². The third-order valence-corrected chi connectivity index (χ3v) is 2.39. The molecule has 0 spiro atoms. The van der Waals surface area contributed by atoms with Crippen LogP contribution in [0.15, 0.2) is 17.3 Å². The lowest BCUT2D eigenvalue weighted by atomic mass is 10.3. The fraction of sp³-hybridized carbons (Fsp3) is 0.429. The van der Waals surface area contributed by atoms with Crippen molar-refractivity contribution in [2.45, 2.75) is 6.42 Å². The van der Waals surface area contributed by atoms with E-state index in [1.807, 2.05) is 12.1 Å². The molecule has 1 rings (SSSR count). The molecule has 1 aromatic rings. The first kappa shape index (κ1) is 8.20. The van der Waals surface area contributed by atoms with Crippen LogP contribution in [0.25, 0.3) is 0 Å². The van der Waals surface area contributed by atoms with Crippen LogP contribution >= 0.6 is 11.3 Å². The Hall–Kier alpha value is -0.900. The summed E-state index contributed by atoms with van der Waals surface area (Å²) in [5, 5.41) is 3.66. The highest BCUT2D eigenvalue weighted by Gasteiger charge is 1.98. The summed E-state index contributed by atoms with van der Waals surface area (Å²) in [5.41, 5.74) is 0.